The molecule has 1 fully saturated rings. The van der Waals surface area contributed by atoms with Crippen molar-refractivity contribution in [3.8, 4) is 0 Å². The van der Waals surface area contributed by atoms with Gasteiger partial charge in [0.25, 0.3) is 0 Å². The number of aliphatic carboxylic acids is 1. The molecule has 0 aromatic carbocycles. The van der Waals surface area contributed by atoms with Crippen molar-refractivity contribution in [3.05, 3.63) is 0 Å². The van der Waals surface area contributed by atoms with Gasteiger partial charge in [0.2, 0.25) is 5.91 Å². The smallest absolute Gasteiger partial charge is 0.305 e. The molecule has 5 nitrogen and oxygen atoms in total. The quantitative estimate of drug-likeness (QED) is 0.657. The predicted molar refractivity (Wildman–Crippen MR) is 73.7 cm³/mol. The zero-order chi connectivity index (χ0) is 14.3. The van der Waals surface area contributed by atoms with Crippen LogP contribution in [0.1, 0.15) is 64.7 Å². The SMILES string of the molecule is CCCCC(N)C(=O)NC1(CC(=O)O)CCCCC1. The maximum atomic E-state index is 12.1. The standard InChI is InChI=1S/C14H26N2O3/c1-2-3-7-11(15)13(19)16-14(10-12(17)18)8-5-4-6-9-14/h11H,2-10,15H2,1H3,(H,16,19)(H,17,18). The van der Waals surface area contributed by atoms with Crippen molar-refractivity contribution in [3.63, 3.8) is 0 Å². The Hall–Kier alpha value is -1.10. The van der Waals surface area contributed by atoms with Gasteiger partial charge in [0.15, 0.2) is 0 Å². The van der Waals surface area contributed by atoms with E-state index >= 15 is 0 Å². The van der Waals surface area contributed by atoms with E-state index in [2.05, 4.69) is 12.2 Å². The number of hydrogen-bond donors (Lipinski definition) is 3. The molecule has 0 radical (unpaired) electrons. The van der Waals surface area contributed by atoms with Gasteiger partial charge in [-0.3, -0.25) is 9.59 Å². The van der Waals surface area contributed by atoms with Crippen molar-refractivity contribution in [2.45, 2.75) is 76.3 Å². The van der Waals surface area contributed by atoms with E-state index in [4.69, 9.17) is 10.8 Å². The number of carboxylic acid groups (broad SMARTS) is 1. The molecule has 0 aromatic rings. The molecule has 0 aliphatic heterocycles. The fraction of sp³-hybridized carbons (Fsp3) is 0.857. The van der Waals surface area contributed by atoms with Crippen LogP contribution in [-0.4, -0.2) is 28.6 Å². The lowest BCUT2D eigenvalue weighted by atomic mass is 9.79. The Morgan fingerprint density at radius 3 is 2.47 bits per heavy atom. The summed E-state index contributed by atoms with van der Waals surface area (Å²) in [7, 11) is 0. The number of hydrogen-bond acceptors (Lipinski definition) is 3. The number of carboxylic acids is 1. The van der Waals surface area contributed by atoms with E-state index in [1.165, 1.54) is 0 Å². The van der Waals surface area contributed by atoms with E-state index in [-0.39, 0.29) is 12.3 Å². The topological polar surface area (TPSA) is 92.4 Å². The molecule has 1 atom stereocenters. The third kappa shape index (κ3) is 5.19. The summed E-state index contributed by atoms with van der Waals surface area (Å²) in [6.07, 6.45) is 7.11. The third-order valence-corrected chi connectivity index (χ3v) is 3.89. The van der Waals surface area contributed by atoms with Gasteiger partial charge in [0, 0.05) is 0 Å². The summed E-state index contributed by atoms with van der Waals surface area (Å²) < 4.78 is 0. The molecule has 1 aliphatic rings. The highest BCUT2D eigenvalue weighted by molar-refractivity contribution is 5.83. The molecule has 5 heteroatoms. The van der Waals surface area contributed by atoms with Gasteiger partial charge in [-0.05, 0) is 19.3 Å². The maximum Gasteiger partial charge on any atom is 0.305 e. The molecule has 1 rings (SSSR count). The van der Waals surface area contributed by atoms with Gasteiger partial charge in [-0.1, -0.05) is 39.0 Å². The molecule has 4 N–H and O–H groups in total. The van der Waals surface area contributed by atoms with Gasteiger partial charge in [-0.25, -0.2) is 0 Å². The van der Waals surface area contributed by atoms with Crippen LogP contribution in [0.15, 0.2) is 0 Å². The minimum Gasteiger partial charge on any atom is -0.481 e. The second-order valence-electron chi connectivity index (χ2n) is 5.65. The molecule has 19 heavy (non-hydrogen) atoms. The summed E-state index contributed by atoms with van der Waals surface area (Å²) in [5.74, 6) is -1.05. The van der Waals surface area contributed by atoms with Crippen molar-refractivity contribution in [2.24, 2.45) is 5.73 Å². The number of rotatable bonds is 7. The molecule has 0 spiro atoms. The summed E-state index contributed by atoms with van der Waals surface area (Å²) >= 11 is 0. The second kappa shape index (κ2) is 7.48. The van der Waals surface area contributed by atoms with Crippen LogP contribution in [0.2, 0.25) is 0 Å². The first-order valence-electron chi connectivity index (χ1n) is 7.28. The van der Waals surface area contributed by atoms with E-state index in [0.717, 1.165) is 44.9 Å². The van der Waals surface area contributed by atoms with Gasteiger partial charge in [0.05, 0.1) is 18.0 Å². The van der Waals surface area contributed by atoms with Crippen molar-refractivity contribution in [1.82, 2.24) is 5.32 Å². The average Bonchev–Trinajstić information content (AvgIpc) is 2.35. The highest BCUT2D eigenvalue weighted by Crippen LogP contribution is 2.31. The van der Waals surface area contributed by atoms with Crippen LogP contribution in [0.25, 0.3) is 0 Å². The molecule has 1 saturated carbocycles. The summed E-state index contributed by atoms with van der Waals surface area (Å²) in [6, 6.07) is -0.521. The minimum atomic E-state index is -0.857. The maximum absolute atomic E-state index is 12.1. The Morgan fingerprint density at radius 2 is 1.95 bits per heavy atom. The first kappa shape index (κ1) is 16.0. The van der Waals surface area contributed by atoms with Crippen LogP contribution in [-0.2, 0) is 9.59 Å². The summed E-state index contributed by atoms with van der Waals surface area (Å²) in [6.45, 7) is 2.05. The van der Waals surface area contributed by atoms with Crippen molar-refractivity contribution < 1.29 is 14.7 Å². The second-order valence-corrected chi connectivity index (χ2v) is 5.65. The summed E-state index contributed by atoms with van der Waals surface area (Å²) in [5.41, 5.74) is 5.27. The Kier molecular flexibility index (Phi) is 6.28. The van der Waals surface area contributed by atoms with E-state index in [1.807, 2.05) is 0 Å². The Bertz CT molecular complexity index is 312. The molecule has 110 valence electrons. The number of carbonyl (C=O) groups excluding carboxylic acids is 1. The zero-order valence-corrected chi connectivity index (χ0v) is 11.8. The normalized spacial score (nSPS) is 19.7. The molecule has 1 amide bonds. The number of nitrogens with two attached hydrogens (primary N) is 1. The van der Waals surface area contributed by atoms with Gasteiger partial charge in [-0.2, -0.15) is 0 Å². The lowest BCUT2D eigenvalue weighted by Crippen LogP contribution is -2.55. The van der Waals surface area contributed by atoms with Crippen molar-refractivity contribution in [2.75, 3.05) is 0 Å². The van der Waals surface area contributed by atoms with Crippen LogP contribution in [0.4, 0.5) is 0 Å². The van der Waals surface area contributed by atoms with Crippen LogP contribution in [0, 0.1) is 0 Å². The molecule has 0 bridgehead atoms. The van der Waals surface area contributed by atoms with E-state index in [1.54, 1.807) is 0 Å². The van der Waals surface area contributed by atoms with Gasteiger partial charge in [-0.15, -0.1) is 0 Å². The number of unbranched alkanes of at least 4 members (excludes halogenated alkanes) is 1. The molecular weight excluding hydrogens is 244 g/mol. The summed E-state index contributed by atoms with van der Waals surface area (Å²) in [4.78, 5) is 23.1. The van der Waals surface area contributed by atoms with E-state index in [0.29, 0.717) is 6.42 Å². The predicted octanol–water partition coefficient (Wildman–Crippen LogP) is 1.80. The van der Waals surface area contributed by atoms with Crippen LogP contribution in [0.3, 0.4) is 0 Å². The van der Waals surface area contributed by atoms with E-state index < -0.39 is 17.6 Å². The monoisotopic (exact) mass is 270 g/mol. The van der Waals surface area contributed by atoms with Crippen molar-refractivity contribution in [1.29, 1.82) is 0 Å². The first-order valence-corrected chi connectivity index (χ1v) is 7.28. The van der Waals surface area contributed by atoms with Gasteiger partial charge >= 0.3 is 5.97 Å². The number of nitrogens with one attached hydrogen (secondary N) is 1. The fourth-order valence-electron chi connectivity index (χ4n) is 2.77. The van der Waals surface area contributed by atoms with Crippen LogP contribution < -0.4 is 11.1 Å². The lowest BCUT2D eigenvalue weighted by molar-refractivity contribution is -0.139. The highest BCUT2D eigenvalue weighted by Gasteiger charge is 2.36. The minimum absolute atomic E-state index is 0.000756. The highest BCUT2D eigenvalue weighted by atomic mass is 16.4. The lowest BCUT2D eigenvalue weighted by Gasteiger charge is -2.37. The first-order chi connectivity index (χ1) is 8.99. The molecule has 0 heterocycles. The van der Waals surface area contributed by atoms with E-state index in [9.17, 15) is 9.59 Å². The summed E-state index contributed by atoms with van der Waals surface area (Å²) in [5, 5.41) is 12.0. The van der Waals surface area contributed by atoms with Gasteiger partial charge < -0.3 is 16.2 Å². The molecular formula is C14H26N2O3. The fourth-order valence-corrected chi connectivity index (χ4v) is 2.77. The number of carbonyl (C=O) groups is 2. The molecule has 0 saturated heterocycles. The zero-order valence-electron chi connectivity index (χ0n) is 11.8. The third-order valence-electron chi connectivity index (χ3n) is 3.89. The van der Waals surface area contributed by atoms with Gasteiger partial charge in [0.1, 0.15) is 0 Å². The molecule has 1 unspecified atom stereocenters. The average molecular weight is 270 g/mol. The Labute approximate surface area is 114 Å². The molecule has 0 aromatic heterocycles. The molecule has 1 aliphatic carbocycles. The van der Waals surface area contributed by atoms with Crippen LogP contribution >= 0.6 is 0 Å². The Balaban J connectivity index is 2.61. The Morgan fingerprint density at radius 1 is 1.32 bits per heavy atom. The largest absolute Gasteiger partial charge is 0.481 e. The number of amides is 1. The van der Waals surface area contributed by atoms with Crippen molar-refractivity contribution >= 4 is 11.9 Å². The van der Waals surface area contributed by atoms with Crippen LogP contribution in [0.5, 0.6) is 0 Å².